The van der Waals surface area contributed by atoms with Crippen molar-refractivity contribution in [1.82, 2.24) is 19.8 Å². The molecule has 1 aliphatic rings. The van der Waals surface area contributed by atoms with Crippen LogP contribution in [0.25, 0.3) is 22.4 Å². The predicted molar refractivity (Wildman–Crippen MR) is 150 cm³/mol. The molecule has 8 nitrogen and oxygen atoms in total. The first-order chi connectivity index (χ1) is 18.5. The van der Waals surface area contributed by atoms with Gasteiger partial charge in [0.2, 0.25) is 5.91 Å². The third-order valence-corrected chi connectivity index (χ3v) is 7.25. The van der Waals surface area contributed by atoms with E-state index in [9.17, 15) is 22.8 Å². The summed E-state index contributed by atoms with van der Waals surface area (Å²) >= 11 is 3.50. The zero-order valence-corrected chi connectivity index (χ0v) is 23.7. The second-order valence-corrected chi connectivity index (χ2v) is 10.9. The van der Waals surface area contributed by atoms with Crippen molar-refractivity contribution in [2.75, 3.05) is 51.0 Å². The molecule has 1 atom stereocenters. The van der Waals surface area contributed by atoms with Crippen LogP contribution in [0, 0.1) is 0 Å². The van der Waals surface area contributed by atoms with Gasteiger partial charge < -0.3 is 25.0 Å². The maximum absolute atomic E-state index is 13.5. The summed E-state index contributed by atoms with van der Waals surface area (Å²) in [4.78, 5) is 33.8. The molecule has 0 fully saturated rings. The number of nitrogens with zero attached hydrogens (tertiary/aromatic N) is 4. The van der Waals surface area contributed by atoms with Gasteiger partial charge in [-0.1, -0.05) is 15.9 Å². The highest BCUT2D eigenvalue weighted by Gasteiger charge is 2.38. The van der Waals surface area contributed by atoms with Gasteiger partial charge in [0.15, 0.2) is 0 Å². The third-order valence-electron chi connectivity index (χ3n) is 6.75. The van der Waals surface area contributed by atoms with Crippen molar-refractivity contribution in [2.45, 2.75) is 37.9 Å². The Morgan fingerprint density at radius 2 is 1.87 bits per heavy atom. The van der Waals surface area contributed by atoms with Crippen LogP contribution in [0.15, 0.2) is 40.9 Å². The van der Waals surface area contributed by atoms with Crippen LogP contribution in [0.1, 0.15) is 31.7 Å². The number of unbranched alkanes of at least 4 members (excludes halogenated alkanes) is 1. The average molecular weight is 609 g/mol. The molecule has 12 heteroatoms. The van der Waals surface area contributed by atoms with E-state index in [1.807, 2.05) is 67.4 Å². The van der Waals surface area contributed by atoms with Crippen molar-refractivity contribution in [3.05, 3.63) is 40.9 Å². The lowest BCUT2D eigenvalue weighted by molar-refractivity contribution is -0.173. The molecule has 1 unspecified atom stereocenters. The summed E-state index contributed by atoms with van der Waals surface area (Å²) in [6.45, 7) is 1.71. The van der Waals surface area contributed by atoms with E-state index in [0.29, 0.717) is 30.8 Å². The lowest BCUT2D eigenvalue weighted by Crippen LogP contribution is -2.37. The normalized spacial score (nSPS) is 15.1. The molecule has 2 N–H and O–H groups in total. The van der Waals surface area contributed by atoms with Crippen LogP contribution in [0.3, 0.4) is 0 Å². The number of alkyl halides is 3. The first kappa shape index (κ1) is 28.9. The van der Waals surface area contributed by atoms with Crippen LogP contribution < -0.4 is 15.5 Å². The number of fused-ring (bicyclic) bond motifs is 5. The number of amides is 2. The number of imidazole rings is 1. The Hall–Kier alpha value is -3.12. The van der Waals surface area contributed by atoms with Gasteiger partial charge in [0, 0.05) is 35.9 Å². The summed E-state index contributed by atoms with van der Waals surface area (Å²) in [7, 11) is 6.12. The minimum absolute atomic E-state index is 0.124. The van der Waals surface area contributed by atoms with E-state index in [0.717, 1.165) is 46.3 Å². The van der Waals surface area contributed by atoms with Crippen LogP contribution in [-0.2, 0) is 9.59 Å². The number of carbonyl (C=O) groups excluding carboxylic acids is 2. The van der Waals surface area contributed by atoms with E-state index in [1.54, 1.807) is 0 Å². The number of anilines is 2. The van der Waals surface area contributed by atoms with Crippen LogP contribution in [0.4, 0.5) is 24.5 Å². The van der Waals surface area contributed by atoms with Gasteiger partial charge in [-0.05, 0) is 82.7 Å². The molecule has 1 aliphatic heterocycles. The number of nitrogens with one attached hydrogen (secondary N) is 2. The summed E-state index contributed by atoms with van der Waals surface area (Å²) < 4.78 is 40.2. The van der Waals surface area contributed by atoms with Crippen molar-refractivity contribution in [3.63, 3.8) is 0 Å². The van der Waals surface area contributed by atoms with Gasteiger partial charge in [0.1, 0.15) is 11.9 Å². The second kappa shape index (κ2) is 12.0. The molecular weight excluding hydrogens is 577 g/mol. The zero-order valence-electron chi connectivity index (χ0n) is 22.1. The molecule has 3 aromatic rings. The van der Waals surface area contributed by atoms with Crippen molar-refractivity contribution < 1.29 is 22.8 Å². The van der Waals surface area contributed by atoms with E-state index in [1.165, 1.54) is 0 Å². The molecule has 0 saturated carbocycles. The van der Waals surface area contributed by atoms with Gasteiger partial charge >= 0.3 is 12.1 Å². The lowest BCUT2D eigenvalue weighted by Gasteiger charge is -2.21. The fourth-order valence-electron chi connectivity index (χ4n) is 4.75. The highest BCUT2D eigenvalue weighted by Crippen LogP contribution is 2.40. The van der Waals surface area contributed by atoms with E-state index in [2.05, 4.69) is 31.0 Å². The summed E-state index contributed by atoms with van der Waals surface area (Å²) in [6, 6.07) is 11.0. The SMILES string of the molecule is CN(C)CCCN(C)c1ccc2c(c1)-c1nc3cc(Br)ccc3n1C(CCCCNC(=O)C(F)(F)F)C(=O)N2. The highest BCUT2D eigenvalue weighted by molar-refractivity contribution is 9.10. The van der Waals surface area contributed by atoms with Crippen LogP contribution in [0.2, 0.25) is 0 Å². The van der Waals surface area contributed by atoms with Crippen LogP contribution in [0.5, 0.6) is 0 Å². The van der Waals surface area contributed by atoms with Gasteiger partial charge in [0.25, 0.3) is 0 Å². The van der Waals surface area contributed by atoms with Crippen LogP contribution in [-0.4, -0.2) is 73.2 Å². The fraction of sp³-hybridized carbons (Fsp3) is 0.444. The number of carbonyl (C=O) groups is 2. The van der Waals surface area contributed by atoms with Crippen LogP contribution >= 0.6 is 15.9 Å². The quantitative estimate of drug-likeness (QED) is 0.309. The van der Waals surface area contributed by atoms with Gasteiger partial charge in [-0.25, -0.2) is 4.98 Å². The van der Waals surface area contributed by atoms with Gasteiger partial charge in [-0.15, -0.1) is 0 Å². The number of hydrogen-bond acceptors (Lipinski definition) is 5. The average Bonchev–Trinajstić information content (AvgIpc) is 3.18. The van der Waals surface area contributed by atoms with E-state index < -0.39 is 18.1 Å². The Balaban J connectivity index is 1.62. The maximum atomic E-state index is 13.5. The summed E-state index contributed by atoms with van der Waals surface area (Å²) in [6.07, 6.45) is -2.82. The van der Waals surface area contributed by atoms with Gasteiger partial charge in [0.05, 0.1) is 16.7 Å². The monoisotopic (exact) mass is 608 g/mol. The number of rotatable bonds is 10. The number of hydrogen-bond donors (Lipinski definition) is 2. The molecule has 0 aliphatic carbocycles. The Morgan fingerprint density at radius 3 is 2.59 bits per heavy atom. The van der Waals surface area contributed by atoms with Crippen molar-refractivity contribution in [2.24, 2.45) is 0 Å². The molecule has 2 heterocycles. The standard InChI is InChI=1S/C27H32BrF3N6O2/c1-35(2)13-6-14-36(3)18-9-10-20-19(16-18)24-33-21-15-17(28)8-11-22(21)37(24)23(25(38)34-20)7-4-5-12-32-26(39)27(29,30)31/h8-11,15-16,23H,4-7,12-14H2,1-3H3,(H,32,39)(H,34,38). The number of halogens is 4. The van der Waals surface area contributed by atoms with Crippen molar-refractivity contribution in [3.8, 4) is 11.4 Å². The van der Waals surface area contributed by atoms with Crippen molar-refractivity contribution >= 4 is 50.2 Å². The zero-order chi connectivity index (χ0) is 28.3. The molecule has 210 valence electrons. The number of aromatic nitrogens is 2. The first-order valence-corrected chi connectivity index (χ1v) is 13.6. The Bertz CT molecular complexity index is 1360. The maximum Gasteiger partial charge on any atom is 0.471 e. The Labute approximate surface area is 233 Å². The highest BCUT2D eigenvalue weighted by atomic mass is 79.9. The molecule has 1 aromatic heterocycles. The minimum Gasteiger partial charge on any atom is -0.375 e. The number of benzene rings is 2. The molecule has 4 rings (SSSR count). The topological polar surface area (TPSA) is 82.5 Å². The fourth-order valence-corrected chi connectivity index (χ4v) is 5.10. The largest absolute Gasteiger partial charge is 0.471 e. The Kier molecular flexibility index (Phi) is 8.85. The van der Waals surface area contributed by atoms with E-state index in [4.69, 9.17) is 4.98 Å². The lowest BCUT2D eigenvalue weighted by atomic mass is 10.1. The minimum atomic E-state index is -4.91. The van der Waals surface area contributed by atoms with Gasteiger partial charge in [-0.2, -0.15) is 13.2 Å². The molecular formula is C27H32BrF3N6O2. The molecule has 0 spiro atoms. The smallest absolute Gasteiger partial charge is 0.375 e. The molecule has 0 saturated heterocycles. The summed E-state index contributed by atoms with van der Waals surface area (Å²) in [5, 5.41) is 4.92. The van der Waals surface area contributed by atoms with Gasteiger partial charge in [-0.3, -0.25) is 9.59 Å². The van der Waals surface area contributed by atoms with E-state index >= 15 is 0 Å². The Morgan fingerprint density at radius 1 is 1.10 bits per heavy atom. The molecule has 0 radical (unpaired) electrons. The summed E-state index contributed by atoms with van der Waals surface area (Å²) in [5.74, 6) is -1.53. The second-order valence-electron chi connectivity index (χ2n) is 10.0. The molecule has 2 amide bonds. The van der Waals surface area contributed by atoms with E-state index in [-0.39, 0.29) is 12.5 Å². The van der Waals surface area contributed by atoms with Crippen molar-refractivity contribution in [1.29, 1.82) is 0 Å². The molecule has 0 bridgehead atoms. The summed E-state index contributed by atoms with van der Waals surface area (Å²) in [5.41, 5.74) is 3.97. The third kappa shape index (κ3) is 6.73. The molecule has 2 aromatic carbocycles. The predicted octanol–water partition coefficient (Wildman–Crippen LogP) is 5.20. The molecule has 39 heavy (non-hydrogen) atoms. The first-order valence-electron chi connectivity index (χ1n) is 12.8.